The van der Waals surface area contributed by atoms with Gasteiger partial charge in [0.2, 0.25) is 0 Å². The summed E-state index contributed by atoms with van der Waals surface area (Å²) < 4.78 is 28.3. The van der Waals surface area contributed by atoms with Crippen LogP contribution in [0.15, 0.2) is 0 Å². The highest BCUT2D eigenvalue weighted by atomic mass is 19.3. The van der Waals surface area contributed by atoms with Crippen LogP contribution in [0.2, 0.25) is 0 Å². The van der Waals surface area contributed by atoms with Crippen molar-refractivity contribution in [2.24, 2.45) is 0 Å². The van der Waals surface area contributed by atoms with Crippen molar-refractivity contribution in [1.82, 2.24) is 5.32 Å². The maximum Gasteiger partial charge on any atom is 0.261 e. The Morgan fingerprint density at radius 2 is 2.06 bits per heavy atom. The van der Waals surface area contributed by atoms with Crippen LogP contribution in [0, 0.1) is 0 Å². The maximum absolute atomic E-state index is 11.8. The number of hydrogen-bond acceptors (Lipinski definition) is 3. The number of aliphatic hydroxyl groups excluding tert-OH is 1. The molecule has 3 nitrogen and oxygen atoms in total. The first kappa shape index (κ1) is 16.7. The van der Waals surface area contributed by atoms with Gasteiger partial charge in [-0.05, 0) is 39.2 Å². The average Bonchev–Trinajstić information content (AvgIpc) is 2.30. The lowest BCUT2D eigenvalue weighted by molar-refractivity contribution is 0.0155. The van der Waals surface area contributed by atoms with Gasteiger partial charge in [-0.15, -0.1) is 0 Å². The maximum atomic E-state index is 11.8. The number of alkyl halides is 2. The van der Waals surface area contributed by atoms with E-state index in [2.05, 4.69) is 12.2 Å². The Morgan fingerprint density at radius 3 is 2.59 bits per heavy atom. The molecule has 0 bridgehead atoms. The highest BCUT2D eigenvalue weighted by Gasteiger charge is 2.21. The average molecular weight is 253 g/mol. The van der Waals surface area contributed by atoms with E-state index < -0.39 is 13.0 Å². The highest BCUT2D eigenvalue weighted by Crippen LogP contribution is 2.13. The van der Waals surface area contributed by atoms with Gasteiger partial charge in [0, 0.05) is 12.1 Å². The Balaban J connectivity index is 3.55. The van der Waals surface area contributed by atoms with E-state index in [1.54, 1.807) is 0 Å². The molecule has 0 aromatic rings. The van der Waals surface area contributed by atoms with Crippen LogP contribution in [0.5, 0.6) is 0 Å². The molecule has 1 unspecified atom stereocenters. The summed E-state index contributed by atoms with van der Waals surface area (Å²) in [5.74, 6) is 0. The fraction of sp³-hybridized carbons (Fsp3) is 1.00. The zero-order valence-electron chi connectivity index (χ0n) is 10.8. The first-order valence-corrected chi connectivity index (χ1v) is 6.26. The number of aliphatic hydroxyl groups is 1. The van der Waals surface area contributed by atoms with Crippen LogP contribution in [0.1, 0.15) is 39.5 Å². The van der Waals surface area contributed by atoms with Gasteiger partial charge in [0.1, 0.15) is 6.61 Å². The van der Waals surface area contributed by atoms with Gasteiger partial charge in [-0.1, -0.05) is 6.92 Å². The third kappa shape index (κ3) is 9.44. The molecule has 0 aliphatic heterocycles. The van der Waals surface area contributed by atoms with Crippen LogP contribution >= 0.6 is 0 Å². The van der Waals surface area contributed by atoms with Gasteiger partial charge in [-0.2, -0.15) is 0 Å². The Kier molecular flexibility index (Phi) is 9.59. The Morgan fingerprint density at radius 1 is 1.35 bits per heavy atom. The molecule has 0 aliphatic carbocycles. The zero-order chi connectivity index (χ0) is 13.1. The molecule has 0 heterocycles. The normalized spacial score (nSPS) is 15.2. The predicted octanol–water partition coefficient (Wildman–Crippen LogP) is 2.19. The van der Waals surface area contributed by atoms with Crippen molar-refractivity contribution >= 4 is 0 Å². The lowest BCUT2D eigenvalue weighted by atomic mass is 9.95. The molecule has 0 rings (SSSR count). The SMILES string of the molecule is CCCNC(C)(CO)CCCCOCC(F)F. The van der Waals surface area contributed by atoms with Gasteiger partial charge in [-0.25, -0.2) is 8.78 Å². The van der Waals surface area contributed by atoms with Crippen molar-refractivity contribution in [1.29, 1.82) is 0 Å². The molecule has 0 aliphatic rings. The summed E-state index contributed by atoms with van der Waals surface area (Å²) >= 11 is 0. The van der Waals surface area contributed by atoms with Crippen molar-refractivity contribution < 1.29 is 18.6 Å². The molecule has 5 heteroatoms. The van der Waals surface area contributed by atoms with Crippen molar-refractivity contribution in [3.8, 4) is 0 Å². The zero-order valence-corrected chi connectivity index (χ0v) is 10.8. The second-order valence-corrected chi connectivity index (χ2v) is 4.57. The second kappa shape index (κ2) is 9.74. The summed E-state index contributed by atoms with van der Waals surface area (Å²) in [5, 5.41) is 12.6. The van der Waals surface area contributed by atoms with E-state index in [9.17, 15) is 13.9 Å². The number of hydrogen-bond donors (Lipinski definition) is 2. The van der Waals surface area contributed by atoms with Gasteiger partial charge >= 0.3 is 0 Å². The smallest absolute Gasteiger partial charge is 0.261 e. The molecule has 0 saturated heterocycles. The minimum absolute atomic E-state index is 0.0882. The number of halogens is 2. The molecule has 0 saturated carbocycles. The molecule has 17 heavy (non-hydrogen) atoms. The van der Waals surface area contributed by atoms with E-state index in [4.69, 9.17) is 4.74 Å². The van der Waals surface area contributed by atoms with Crippen molar-refractivity contribution in [3.63, 3.8) is 0 Å². The van der Waals surface area contributed by atoms with Crippen LogP contribution in [0.4, 0.5) is 8.78 Å². The third-order valence-corrected chi connectivity index (χ3v) is 2.66. The lowest BCUT2D eigenvalue weighted by Crippen LogP contribution is -2.46. The standard InChI is InChI=1S/C12H25F2NO2/c1-3-7-15-12(2,10-16)6-4-5-8-17-9-11(13)14/h11,15-16H,3-10H2,1-2H3. The molecular formula is C12H25F2NO2. The van der Waals surface area contributed by atoms with Gasteiger partial charge in [0.05, 0.1) is 6.61 Å². The lowest BCUT2D eigenvalue weighted by Gasteiger charge is -2.28. The van der Waals surface area contributed by atoms with Crippen LogP contribution in [-0.2, 0) is 4.74 Å². The summed E-state index contributed by atoms with van der Waals surface area (Å²) in [6, 6.07) is 0. The van der Waals surface area contributed by atoms with Gasteiger partial charge < -0.3 is 15.2 Å². The molecule has 0 aromatic carbocycles. The summed E-state index contributed by atoms with van der Waals surface area (Å²) in [7, 11) is 0. The highest BCUT2D eigenvalue weighted by molar-refractivity contribution is 4.81. The fourth-order valence-electron chi connectivity index (χ4n) is 1.54. The Labute approximate surface area is 103 Å². The molecule has 104 valence electrons. The number of nitrogens with one attached hydrogen (secondary N) is 1. The number of unbranched alkanes of at least 4 members (excludes halogenated alkanes) is 1. The second-order valence-electron chi connectivity index (χ2n) is 4.57. The summed E-state index contributed by atoms with van der Waals surface area (Å²) in [5.41, 5.74) is -0.265. The topological polar surface area (TPSA) is 41.5 Å². The van der Waals surface area contributed by atoms with Crippen molar-refractivity contribution in [3.05, 3.63) is 0 Å². The first-order chi connectivity index (χ1) is 8.04. The molecule has 0 aromatic heterocycles. The molecule has 0 spiro atoms. The van der Waals surface area contributed by atoms with E-state index in [-0.39, 0.29) is 12.1 Å². The van der Waals surface area contributed by atoms with E-state index in [1.165, 1.54) is 0 Å². The van der Waals surface area contributed by atoms with E-state index in [0.29, 0.717) is 6.61 Å². The first-order valence-electron chi connectivity index (χ1n) is 6.26. The molecule has 0 radical (unpaired) electrons. The summed E-state index contributed by atoms with van der Waals surface area (Å²) in [6.07, 6.45) is 1.06. The van der Waals surface area contributed by atoms with E-state index >= 15 is 0 Å². The Hall–Kier alpha value is -0.260. The number of rotatable bonds is 11. The van der Waals surface area contributed by atoms with Crippen LogP contribution < -0.4 is 5.32 Å². The molecule has 1 atom stereocenters. The van der Waals surface area contributed by atoms with Gasteiger partial charge in [0.15, 0.2) is 0 Å². The molecule has 0 amide bonds. The third-order valence-electron chi connectivity index (χ3n) is 2.66. The van der Waals surface area contributed by atoms with E-state index in [1.807, 2.05) is 6.92 Å². The summed E-state index contributed by atoms with van der Waals surface area (Å²) in [6.45, 7) is 4.89. The number of ether oxygens (including phenoxy) is 1. The predicted molar refractivity (Wildman–Crippen MR) is 64.5 cm³/mol. The van der Waals surface area contributed by atoms with Crippen LogP contribution in [0.25, 0.3) is 0 Å². The molecule has 2 N–H and O–H groups in total. The van der Waals surface area contributed by atoms with Gasteiger partial charge in [0.25, 0.3) is 6.43 Å². The monoisotopic (exact) mass is 253 g/mol. The van der Waals surface area contributed by atoms with Gasteiger partial charge in [-0.3, -0.25) is 0 Å². The van der Waals surface area contributed by atoms with E-state index in [0.717, 1.165) is 32.2 Å². The molecular weight excluding hydrogens is 228 g/mol. The quantitative estimate of drug-likeness (QED) is 0.555. The molecule has 0 fully saturated rings. The van der Waals surface area contributed by atoms with Crippen LogP contribution in [0.3, 0.4) is 0 Å². The summed E-state index contributed by atoms with van der Waals surface area (Å²) in [4.78, 5) is 0. The minimum Gasteiger partial charge on any atom is -0.394 e. The fourth-order valence-corrected chi connectivity index (χ4v) is 1.54. The Bertz CT molecular complexity index is 182. The largest absolute Gasteiger partial charge is 0.394 e. The van der Waals surface area contributed by atoms with Crippen LogP contribution in [-0.4, -0.2) is 43.4 Å². The minimum atomic E-state index is -2.39. The van der Waals surface area contributed by atoms with Crippen molar-refractivity contribution in [2.45, 2.75) is 51.5 Å². The van der Waals surface area contributed by atoms with Crippen molar-refractivity contribution in [2.75, 3.05) is 26.4 Å².